The van der Waals surface area contributed by atoms with Crippen LogP contribution in [0.4, 0.5) is 0 Å². The van der Waals surface area contributed by atoms with E-state index in [-0.39, 0.29) is 0 Å². The van der Waals surface area contributed by atoms with E-state index in [2.05, 4.69) is 43.1 Å². The van der Waals surface area contributed by atoms with Gasteiger partial charge in [-0.25, -0.2) is 0 Å². The molecular weight excluding hydrogens is 448 g/mol. The first-order chi connectivity index (χ1) is 18.3. The molecule has 1 heterocycles. The minimum absolute atomic E-state index is 0.620. The van der Waals surface area contributed by atoms with Crippen LogP contribution in [0.2, 0.25) is 0 Å². The fourth-order valence-electron chi connectivity index (χ4n) is 6.05. The summed E-state index contributed by atoms with van der Waals surface area (Å²) in [6.45, 7) is 5.86. The van der Waals surface area contributed by atoms with E-state index in [1.54, 1.807) is 0 Å². The van der Waals surface area contributed by atoms with Crippen molar-refractivity contribution in [2.45, 2.75) is 200 Å². The topological polar surface area (TPSA) is 6.48 Å². The van der Waals surface area contributed by atoms with Gasteiger partial charge in [-0.05, 0) is 19.3 Å². The lowest BCUT2D eigenvalue weighted by Gasteiger charge is -2.30. The van der Waals surface area contributed by atoms with Gasteiger partial charge in [0.25, 0.3) is 0 Å². The van der Waals surface area contributed by atoms with Crippen LogP contribution in [0.5, 0.6) is 0 Å². The van der Waals surface area contributed by atoms with E-state index >= 15 is 0 Å². The van der Waals surface area contributed by atoms with Crippen LogP contribution in [0.1, 0.15) is 194 Å². The van der Waals surface area contributed by atoms with Crippen molar-refractivity contribution < 1.29 is 0 Å². The molecule has 0 spiro atoms. The van der Waals surface area contributed by atoms with Crippen molar-refractivity contribution in [3.63, 3.8) is 0 Å². The lowest BCUT2D eigenvalue weighted by molar-refractivity contribution is 0.159. The Hall–Kier alpha value is -0.660. The Bertz CT molecular complexity index is 474. The lowest BCUT2D eigenvalue weighted by Crippen LogP contribution is -2.37. The Balaban J connectivity index is 1.87. The van der Waals surface area contributed by atoms with Gasteiger partial charge in [-0.2, -0.15) is 0 Å². The third kappa shape index (κ3) is 20.9. The highest BCUT2D eigenvalue weighted by molar-refractivity contribution is 4.95. The highest BCUT2D eigenvalue weighted by Gasteiger charge is 2.22. The first kappa shape index (κ1) is 34.4. The summed E-state index contributed by atoms with van der Waals surface area (Å²) >= 11 is 0. The molecule has 0 bridgehead atoms. The van der Waals surface area contributed by atoms with E-state index in [4.69, 9.17) is 0 Å². The first-order valence-electron chi connectivity index (χ1n) is 17.5. The molecule has 220 valence electrons. The second kappa shape index (κ2) is 26.9. The predicted octanol–water partition coefficient (Wildman–Crippen LogP) is 12.0. The summed E-state index contributed by atoms with van der Waals surface area (Å²) in [5, 5.41) is 0. The van der Waals surface area contributed by atoms with E-state index in [0.717, 1.165) is 0 Å². The normalized spacial score (nSPS) is 15.4. The van der Waals surface area contributed by atoms with Crippen molar-refractivity contribution in [1.29, 1.82) is 0 Å². The van der Waals surface area contributed by atoms with Gasteiger partial charge in [0.2, 0.25) is 0 Å². The molecule has 0 aromatic rings. The molecule has 0 aliphatic carbocycles. The maximum absolute atomic E-state index is 2.63. The summed E-state index contributed by atoms with van der Waals surface area (Å²) in [7, 11) is 2.27. The minimum Gasteiger partial charge on any atom is -0.359 e. The molecule has 0 aromatic heterocycles. The standard InChI is InChI=1S/C35H70N2/c1-4-6-8-10-12-14-16-17-18-19-20-22-24-26-28-30-32-37-34-33-36(3)35(37)31-29-27-25-23-21-15-13-11-9-7-5-2/h33-35H,4-32H2,1-3H3. The molecule has 0 saturated carbocycles. The van der Waals surface area contributed by atoms with Crippen molar-refractivity contribution in [2.24, 2.45) is 0 Å². The fourth-order valence-corrected chi connectivity index (χ4v) is 6.05. The second-order valence-corrected chi connectivity index (χ2v) is 12.3. The van der Waals surface area contributed by atoms with E-state index < -0.39 is 0 Å². The Kier molecular flexibility index (Phi) is 25.0. The molecule has 1 atom stereocenters. The van der Waals surface area contributed by atoms with Crippen molar-refractivity contribution in [3.05, 3.63) is 12.4 Å². The first-order valence-corrected chi connectivity index (χ1v) is 17.5. The van der Waals surface area contributed by atoms with Gasteiger partial charge < -0.3 is 9.80 Å². The highest BCUT2D eigenvalue weighted by Crippen LogP contribution is 2.22. The van der Waals surface area contributed by atoms with Crippen LogP contribution < -0.4 is 0 Å². The molecular formula is C35H70N2. The van der Waals surface area contributed by atoms with Crippen LogP contribution in [0.25, 0.3) is 0 Å². The number of nitrogens with zero attached hydrogens (tertiary/aromatic N) is 2. The zero-order valence-electron chi connectivity index (χ0n) is 26.1. The van der Waals surface area contributed by atoms with Crippen molar-refractivity contribution >= 4 is 0 Å². The van der Waals surface area contributed by atoms with Crippen LogP contribution in [-0.4, -0.2) is 29.6 Å². The maximum atomic E-state index is 2.63. The third-order valence-electron chi connectivity index (χ3n) is 8.68. The second-order valence-electron chi connectivity index (χ2n) is 12.3. The van der Waals surface area contributed by atoms with E-state index in [0.29, 0.717) is 6.17 Å². The molecule has 0 fully saturated rings. The Morgan fingerprint density at radius 1 is 0.405 bits per heavy atom. The molecule has 1 unspecified atom stereocenters. The van der Waals surface area contributed by atoms with Gasteiger partial charge in [0, 0.05) is 26.0 Å². The van der Waals surface area contributed by atoms with E-state index in [1.807, 2.05) is 0 Å². The van der Waals surface area contributed by atoms with Crippen LogP contribution in [-0.2, 0) is 0 Å². The van der Waals surface area contributed by atoms with Gasteiger partial charge in [-0.3, -0.25) is 0 Å². The average Bonchev–Trinajstić information content (AvgIpc) is 3.25. The number of hydrogen-bond donors (Lipinski definition) is 0. The average molecular weight is 519 g/mol. The monoisotopic (exact) mass is 519 g/mol. The molecule has 1 aliphatic rings. The molecule has 1 rings (SSSR count). The Morgan fingerprint density at radius 2 is 0.730 bits per heavy atom. The van der Waals surface area contributed by atoms with Crippen molar-refractivity contribution in [1.82, 2.24) is 9.80 Å². The quantitative estimate of drug-likeness (QED) is 0.0908. The van der Waals surface area contributed by atoms with Gasteiger partial charge in [0.15, 0.2) is 0 Å². The molecule has 0 aromatic carbocycles. The van der Waals surface area contributed by atoms with Crippen LogP contribution in [0.3, 0.4) is 0 Å². The summed E-state index contributed by atoms with van der Waals surface area (Å²) < 4.78 is 0. The Labute approximate surface area is 235 Å². The molecule has 2 heteroatoms. The van der Waals surface area contributed by atoms with Gasteiger partial charge in [-0.1, -0.05) is 174 Å². The number of rotatable bonds is 29. The van der Waals surface area contributed by atoms with Gasteiger partial charge in [0.05, 0.1) is 0 Å². The summed E-state index contributed by atoms with van der Waals surface area (Å²) in [6.07, 6.45) is 45.6. The zero-order valence-corrected chi connectivity index (χ0v) is 26.1. The Morgan fingerprint density at radius 3 is 1.11 bits per heavy atom. The van der Waals surface area contributed by atoms with E-state index in [1.165, 1.54) is 186 Å². The SMILES string of the molecule is CCCCCCCCCCCCCCCCCCN1C=CN(C)C1CCCCCCCCCCCCC. The smallest absolute Gasteiger partial charge is 0.100 e. The van der Waals surface area contributed by atoms with Gasteiger partial charge in [-0.15, -0.1) is 0 Å². The highest BCUT2D eigenvalue weighted by atomic mass is 15.4. The zero-order chi connectivity index (χ0) is 26.7. The summed E-state index contributed by atoms with van der Waals surface area (Å²) in [5.74, 6) is 0. The fraction of sp³-hybridized carbons (Fsp3) is 0.943. The van der Waals surface area contributed by atoms with Crippen LogP contribution in [0.15, 0.2) is 12.4 Å². The van der Waals surface area contributed by atoms with Crippen LogP contribution in [0, 0.1) is 0 Å². The molecule has 0 radical (unpaired) electrons. The molecule has 2 nitrogen and oxygen atoms in total. The van der Waals surface area contributed by atoms with Crippen molar-refractivity contribution in [2.75, 3.05) is 13.6 Å². The van der Waals surface area contributed by atoms with Gasteiger partial charge >= 0.3 is 0 Å². The summed E-state index contributed by atoms with van der Waals surface area (Å²) in [6, 6.07) is 0. The molecule has 37 heavy (non-hydrogen) atoms. The molecule has 0 N–H and O–H groups in total. The molecule has 0 saturated heterocycles. The van der Waals surface area contributed by atoms with Crippen LogP contribution >= 0.6 is 0 Å². The van der Waals surface area contributed by atoms with Crippen molar-refractivity contribution in [3.8, 4) is 0 Å². The lowest BCUT2D eigenvalue weighted by atomic mass is 10.0. The largest absolute Gasteiger partial charge is 0.359 e. The predicted molar refractivity (Wildman–Crippen MR) is 168 cm³/mol. The number of unbranched alkanes of at least 4 members (excludes halogenated alkanes) is 25. The minimum atomic E-state index is 0.620. The maximum Gasteiger partial charge on any atom is 0.100 e. The van der Waals surface area contributed by atoms with E-state index in [9.17, 15) is 0 Å². The molecule has 0 amide bonds. The summed E-state index contributed by atoms with van der Waals surface area (Å²) in [4.78, 5) is 5.07. The number of hydrogen-bond acceptors (Lipinski definition) is 2. The van der Waals surface area contributed by atoms with Gasteiger partial charge in [0.1, 0.15) is 6.17 Å². The molecule has 1 aliphatic heterocycles. The third-order valence-corrected chi connectivity index (χ3v) is 8.68. The summed E-state index contributed by atoms with van der Waals surface area (Å²) in [5.41, 5.74) is 0.